The van der Waals surface area contributed by atoms with E-state index in [1.165, 1.54) is 42.5 Å². The minimum Gasteiger partial charge on any atom is -0.480 e. The van der Waals surface area contributed by atoms with Crippen LogP contribution in [0.3, 0.4) is 0 Å². The van der Waals surface area contributed by atoms with Crippen molar-refractivity contribution in [1.82, 2.24) is 0 Å². The third-order valence-corrected chi connectivity index (χ3v) is 26.4. The Morgan fingerprint density at radius 2 is 0.746 bits per heavy atom. The molecule has 59 heavy (non-hydrogen) atoms. The third kappa shape index (κ3) is 9.70. The van der Waals surface area contributed by atoms with Gasteiger partial charge < -0.3 is 4.74 Å². The van der Waals surface area contributed by atoms with Gasteiger partial charge in [0.1, 0.15) is 5.76 Å². The summed E-state index contributed by atoms with van der Waals surface area (Å²) < 4.78 is 258. The van der Waals surface area contributed by atoms with Gasteiger partial charge in [-0.15, -0.1) is 63.9 Å². The van der Waals surface area contributed by atoms with Crippen molar-refractivity contribution in [2.45, 2.75) is 6.10 Å². The minimum atomic E-state index is -6.76. The smallest absolute Gasteiger partial charge is 0.423 e. The number of rotatable bonds is 8. The van der Waals surface area contributed by atoms with E-state index in [9.17, 15) is 16.8 Å². The molecule has 3 atom stereocenters. The predicted molar refractivity (Wildman–Crippen MR) is 207 cm³/mol. The van der Waals surface area contributed by atoms with E-state index in [0.29, 0.717) is 0 Å². The summed E-state index contributed by atoms with van der Waals surface area (Å²) in [5, 5.41) is -3.28. The summed E-state index contributed by atoms with van der Waals surface area (Å²) in [6.07, 6.45) is -3.20. The lowest BCUT2D eigenvalue weighted by Crippen LogP contribution is -2.16. The Bertz CT molecular complexity index is 2770. The van der Waals surface area contributed by atoms with Crippen LogP contribution in [0.15, 0.2) is 148 Å². The molecule has 10 nitrogen and oxygen atoms in total. The number of ether oxygens (including phenoxy) is 1. The highest BCUT2D eigenvalue weighted by Gasteiger charge is 2.56. The quantitative estimate of drug-likeness (QED) is 0.125. The second kappa shape index (κ2) is 15.2. The molecule has 0 fully saturated rings. The van der Waals surface area contributed by atoms with Gasteiger partial charge in [-0.1, -0.05) is 91.0 Å². The van der Waals surface area contributed by atoms with Crippen molar-refractivity contribution < 1.29 is 67.7 Å². The molecule has 318 valence electrons. The van der Waals surface area contributed by atoms with Crippen molar-refractivity contribution >= 4 is 86.4 Å². The van der Waals surface area contributed by atoms with E-state index in [2.05, 4.69) is 27.1 Å². The van der Waals surface area contributed by atoms with E-state index in [4.69, 9.17) is 4.74 Å². The summed E-state index contributed by atoms with van der Waals surface area (Å²) in [6.45, 7) is 0. The summed E-state index contributed by atoms with van der Waals surface area (Å²) in [7, 11) is -59.3. The maximum absolute atomic E-state index is 17.8. The fourth-order valence-electron chi connectivity index (χ4n) is 5.85. The molecule has 4 aliphatic rings. The maximum atomic E-state index is 17.8. The number of allylic oxidation sites excluding steroid dienone is 2. The first-order chi connectivity index (χ1) is 27.1. The van der Waals surface area contributed by atoms with Crippen LogP contribution in [0.4, 0.5) is 63.0 Å². The number of nitrogens with zero attached hydrogens (tertiary/aromatic N) is 9. The van der Waals surface area contributed by atoms with E-state index in [0.717, 1.165) is 48.5 Å². The number of hydrogen-bond donors (Lipinski definition) is 0. The zero-order valence-electron chi connectivity index (χ0n) is 27.9. The Morgan fingerprint density at radius 3 is 1.12 bits per heavy atom. The molecule has 0 bridgehead atoms. The summed E-state index contributed by atoms with van der Waals surface area (Å²) in [5.74, 6) is -1.55. The van der Waals surface area contributed by atoms with Gasteiger partial charge in [-0.05, 0) is 11.1 Å². The maximum Gasteiger partial charge on any atom is 0.423 e. The highest BCUT2D eigenvalue weighted by molar-refractivity contribution is 7.83. The summed E-state index contributed by atoms with van der Waals surface area (Å²) in [5.41, 5.74) is -3.37. The zero-order valence-corrected chi connectivity index (χ0v) is 36.0. The van der Waals surface area contributed by atoms with Gasteiger partial charge in [-0.2, -0.15) is 39.7 Å². The SMILES string of the molecule is FP1(F)=NP(F)(F)=NP(F)(/C=C(\OC2C(P3(F)=NP(F)(F)=NP(F)(F)=N3)=C(c3ccccc3)C(c3ccccc3)=C2P2(F)=NP(F)(F)=NP(F)(F)=N2)c2ccccc2)=N1. The molecule has 0 amide bonds. The fraction of sp³-hybridized carbons (Fsp3) is 0.0400. The number of halogens is 15. The summed E-state index contributed by atoms with van der Waals surface area (Å²) in [6, 6.07) is 17.0. The monoisotopic (exact) mass is 1020 g/mol. The first-order valence-electron chi connectivity index (χ1n) is 15.4. The van der Waals surface area contributed by atoms with E-state index >= 15 is 46.2 Å². The highest BCUT2D eigenvalue weighted by atomic mass is 31.3. The summed E-state index contributed by atoms with van der Waals surface area (Å²) >= 11 is 0. The van der Waals surface area contributed by atoms with Gasteiger partial charge in [0.25, 0.3) is 22.5 Å². The Labute approximate surface area is 324 Å². The molecule has 0 N–H and O–H groups in total. The van der Waals surface area contributed by atoms with Gasteiger partial charge in [0.05, 0.1) is 10.6 Å². The molecule has 3 aromatic carbocycles. The molecule has 7 rings (SSSR count). The lowest BCUT2D eigenvalue weighted by atomic mass is 9.95. The standard InChI is InChI=1S/C25H17F15N9OP9/c26-51(41-54(29,30)47-55(31,32)42-51)16-20(17-10-4-1-5-11-17)50-23-24(52(27)43-56(33,34)48-57(35,36)44-52)21(18-12-6-2-7-13-18)22(19-14-8-3-9-15-19)25(23)53(28)45-58(37,38)49-59(39,40)46-53/h1-16,23H/b20-16-. The third-order valence-electron chi connectivity index (χ3n) is 7.60. The van der Waals surface area contributed by atoms with Crippen LogP contribution < -0.4 is 0 Å². The molecule has 0 saturated heterocycles. The van der Waals surface area contributed by atoms with Crippen LogP contribution in [0.2, 0.25) is 0 Å². The van der Waals surface area contributed by atoms with Crippen LogP contribution in [-0.2, 0) is 4.74 Å². The van der Waals surface area contributed by atoms with Crippen LogP contribution in [0.5, 0.6) is 0 Å². The van der Waals surface area contributed by atoms with Crippen molar-refractivity contribution in [3.63, 3.8) is 0 Å². The first kappa shape index (κ1) is 44.7. The van der Waals surface area contributed by atoms with Gasteiger partial charge in [0.2, 0.25) is 0 Å². The van der Waals surface area contributed by atoms with Crippen LogP contribution in [-0.4, -0.2) is 6.10 Å². The van der Waals surface area contributed by atoms with Gasteiger partial charge >= 0.3 is 47.0 Å². The van der Waals surface area contributed by atoms with Crippen LogP contribution >= 0.6 is 69.5 Å². The van der Waals surface area contributed by atoms with Crippen LogP contribution in [0, 0.1) is 0 Å². The second-order valence-corrected chi connectivity index (χ2v) is 28.1. The summed E-state index contributed by atoms with van der Waals surface area (Å²) in [4.78, 5) is 0. The normalized spacial score (nSPS) is 31.0. The van der Waals surface area contributed by atoms with E-state index in [1.807, 2.05) is 13.5 Å². The average molecular weight is 1020 g/mol. The Hall–Kier alpha value is -2.30. The molecule has 0 aromatic heterocycles. The lowest BCUT2D eigenvalue weighted by molar-refractivity contribution is 0.249. The van der Waals surface area contributed by atoms with Crippen molar-refractivity contribution in [3.05, 3.63) is 124 Å². The van der Waals surface area contributed by atoms with Crippen LogP contribution in [0.1, 0.15) is 16.7 Å². The molecule has 3 aliphatic heterocycles. The Balaban J connectivity index is 1.70. The molecule has 0 radical (unpaired) electrons. The van der Waals surface area contributed by atoms with E-state index in [1.54, 1.807) is 0 Å². The van der Waals surface area contributed by atoms with Crippen molar-refractivity contribution in [2.24, 2.45) is 40.6 Å². The molecule has 3 heterocycles. The predicted octanol–water partition coefficient (Wildman–Crippen LogP) is 21.6. The number of benzene rings is 3. The number of hydrogen-bond acceptors (Lipinski definition) is 10. The van der Waals surface area contributed by atoms with Crippen molar-refractivity contribution in [2.75, 3.05) is 0 Å². The second-order valence-electron chi connectivity index (χ2n) is 11.8. The molecule has 34 heteroatoms. The largest absolute Gasteiger partial charge is 0.480 e. The molecular formula is C25H17F15N9OP9. The molecule has 3 unspecified atom stereocenters. The van der Waals surface area contributed by atoms with Gasteiger partial charge in [-0.25, -0.2) is 0 Å². The van der Waals surface area contributed by atoms with Gasteiger partial charge in [0.15, 0.2) is 6.10 Å². The Morgan fingerprint density at radius 1 is 0.407 bits per heavy atom. The van der Waals surface area contributed by atoms with E-state index in [-0.39, 0.29) is 5.82 Å². The Kier molecular flexibility index (Phi) is 11.5. The van der Waals surface area contributed by atoms with Crippen molar-refractivity contribution in [1.29, 1.82) is 0 Å². The van der Waals surface area contributed by atoms with E-state index < -0.39 is 120 Å². The zero-order chi connectivity index (χ0) is 43.1. The van der Waals surface area contributed by atoms with Gasteiger partial charge in [-0.3, -0.25) is 0 Å². The minimum absolute atomic E-state index is 0.190. The lowest BCUT2D eigenvalue weighted by Gasteiger charge is -2.29. The fourth-order valence-corrected chi connectivity index (χ4v) is 24.7. The average Bonchev–Trinajstić information content (AvgIpc) is 3.41. The molecule has 3 aromatic rings. The van der Waals surface area contributed by atoms with Gasteiger partial charge in [0, 0.05) is 22.5 Å². The van der Waals surface area contributed by atoms with Crippen LogP contribution in [0.25, 0.3) is 16.9 Å². The molecule has 0 spiro atoms. The molecular weight excluding hydrogens is 1010 g/mol. The highest BCUT2D eigenvalue weighted by Crippen LogP contribution is 2.90. The topological polar surface area (TPSA) is 120 Å². The molecule has 1 aliphatic carbocycles. The van der Waals surface area contributed by atoms with Crippen molar-refractivity contribution in [3.8, 4) is 0 Å². The molecule has 0 saturated carbocycles. The first-order valence-corrected chi connectivity index (χ1v) is 29.1.